The number of halogens is 2. The minimum Gasteiger partial charge on any atom is -0.486 e. The molecule has 154 valence electrons. The van der Waals surface area contributed by atoms with Crippen LogP contribution < -0.4 is 16.0 Å². The third kappa shape index (κ3) is 3.97. The highest BCUT2D eigenvalue weighted by atomic mass is 19.1. The van der Waals surface area contributed by atoms with Crippen molar-refractivity contribution in [1.82, 2.24) is 4.98 Å². The van der Waals surface area contributed by atoms with E-state index in [-0.39, 0.29) is 17.9 Å². The monoisotopic (exact) mass is 416 g/mol. The lowest BCUT2D eigenvalue weighted by atomic mass is 9.95. The molecular weight excluding hydrogens is 402 g/mol. The SMILES string of the molecule is Nc1[nH]c(=O)c(C(=O)O)c(-c2ccc(OCc3cccc(F)c3)c(F)c2)c1C(=O)O. The molecule has 3 rings (SSSR count). The number of aromatic nitrogens is 1. The van der Waals surface area contributed by atoms with Gasteiger partial charge in [-0.2, -0.15) is 0 Å². The molecule has 0 radical (unpaired) electrons. The number of anilines is 1. The molecule has 0 bridgehead atoms. The largest absolute Gasteiger partial charge is 0.486 e. The van der Waals surface area contributed by atoms with Gasteiger partial charge in [-0.3, -0.25) is 4.79 Å². The van der Waals surface area contributed by atoms with E-state index in [0.717, 1.165) is 12.1 Å². The number of aromatic carboxylic acids is 2. The summed E-state index contributed by atoms with van der Waals surface area (Å²) in [4.78, 5) is 37.1. The van der Waals surface area contributed by atoms with E-state index in [4.69, 9.17) is 10.5 Å². The smallest absolute Gasteiger partial charge is 0.342 e. The van der Waals surface area contributed by atoms with E-state index >= 15 is 0 Å². The molecule has 2 aromatic carbocycles. The van der Waals surface area contributed by atoms with Crippen molar-refractivity contribution in [1.29, 1.82) is 0 Å². The Balaban J connectivity index is 2.05. The summed E-state index contributed by atoms with van der Waals surface area (Å²) >= 11 is 0. The van der Waals surface area contributed by atoms with Crippen LogP contribution >= 0.6 is 0 Å². The summed E-state index contributed by atoms with van der Waals surface area (Å²) in [6.07, 6.45) is 0. The Morgan fingerprint density at radius 3 is 2.33 bits per heavy atom. The molecule has 3 aromatic rings. The molecule has 5 N–H and O–H groups in total. The standard InChI is InChI=1S/C20H14F2N2O6/c21-11-3-1-2-9(6-11)8-30-13-5-4-10(7-12(13)22)14-15(19(26)27)17(23)24-18(25)16(14)20(28)29/h1-7H,8H2,(H,26,27)(H,28,29)(H3,23,24,25). The predicted molar refractivity (Wildman–Crippen MR) is 102 cm³/mol. The Kier molecular flexibility index (Phi) is 5.50. The first kappa shape index (κ1) is 20.5. The average molecular weight is 416 g/mol. The van der Waals surface area contributed by atoms with Gasteiger partial charge in [0.05, 0.1) is 0 Å². The van der Waals surface area contributed by atoms with E-state index in [1.54, 1.807) is 6.07 Å². The highest BCUT2D eigenvalue weighted by Crippen LogP contribution is 2.32. The summed E-state index contributed by atoms with van der Waals surface area (Å²) in [5.74, 6) is -5.56. The number of rotatable bonds is 6. The molecule has 0 fully saturated rings. The maximum absolute atomic E-state index is 14.6. The van der Waals surface area contributed by atoms with Crippen molar-refractivity contribution in [2.45, 2.75) is 6.61 Å². The van der Waals surface area contributed by atoms with Gasteiger partial charge >= 0.3 is 11.9 Å². The topological polar surface area (TPSA) is 143 Å². The molecule has 0 aliphatic heterocycles. The fourth-order valence-corrected chi connectivity index (χ4v) is 2.90. The number of nitrogens with two attached hydrogens (primary N) is 1. The molecule has 0 saturated carbocycles. The number of nitrogen functional groups attached to an aromatic ring is 1. The van der Waals surface area contributed by atoms with Crippen LogP contribution in [0.15, 0.2) is 47.3 Å². The molecule has 10 heteroatoms. The van der Waals surface area contributed by atoms with Crippen molar-refractivity contribution in [3.05, 3.63) is 81.1 Å². The Morgan fingerprint density at radius 1 is 1.03 bits per heavy atom. The zero-order valence-corrected chi connectivity index (χ0v) is 15.1. The second-order valence-corrected chi connectivity index (χ2v) is 6.17. The Hall–Kier alpha value is -4.21. The lowest BCUT2D eigenvalue weighted by Gasteiger charge is -2.13. The zero-order chi connectivity index (χ0) is 22.0. The number of hydrogen-bond acceptors (Lipinski definition) is 5. The van der Waals surface area contributed by atoms with Crippen molar-refractivity contribution in [2.75, 3.05) is 5.73 Å². The number of aromatic amines is 1. The van der Waals surface area contributed by atoms with E-state index in [1.807, 2.05) is 4.98 Å². The summed E-state index contributed by atoms with van der Waals surface area (Å²) in [5.41, 5.74) is 2.55. The number of benzene rings is 2. The number of carbonyl (C=O) groups is 2. The Morgan fingerprint density at radius 2 is 1.73 bits per heavy atom. The first-order valence-corrected chi connectivity index (χ1v) is 8.38. The molecule has 8 nitrogen and oxygen atoms in total. The number of pyridine rings is 1. The second-order valence-electron chi connectivity index (χ2n) is 6.17. The number of carboxylic acid groups (broad SMARTS) is 2. The van der Waals surface area contributed by atoms with Crippen LogP contribution in [0, 0.1) is 11.6 Å². The number of H-pyrrole nitrogens is 1. The maximum atomic E-state index is 14.6. The summed E-state index contributed by atoms with van der Waals surface area (Å²) in [7, 11) is 0. The van der Waals surface area contributed by atoms with Crippen LogP contribution in [0.3, 0.4) is 0 Å². The van der Waals surface area contributed by atoms with Crippen molar-refractivity contribution in [3.63, 3.8) is 0 Å². The van der Waals surface area contributed by atoms with E-state index in [0.29, 0.717) is 5.56 Å². The van der Waals surface area contributed by atoms with Gasteiger partial charge in [0.1, 0.15) is 29.4 Å². The molecule has 0 spiro atoms. The van der Waals surface area contributed by atoms with Crippen LogP contribution in [0.2, 0.25) is 0 Å². The van der Waals surface area contributed by atoms with Crippen LogP contribution in [-0.4, -0.2) is 27.1 Å². The van der Waals surface area contributed by atoms with Crippen LogP contribution in [0.1, 0.15) is 26.3 Å². The van der Waals surface area contributed by atoms with Gasteiger partial charge in [-0.25, -0.2) is 18.4 Å². The van der Waals surface area contributed by atoms with Gasteiger partial charge in [0.2, 0.25) is 0 Å². The minimum absolute atomic E-state index is 0.146. The Bertz CT molecular complexity index is 1220. The average Bonchev–Trinajstić information content (AvgIpc) is 2.65. The van der Waals surface area contributed by atoms with Crippen LogP contribution in [0.5, 0.6) is 5.75 Å². The fourth-order valence-electron chi connectivity index (χ4n) is 2.90. The molecule has 0 unspecified atom stereocenters. The third-order valence-corrected chi connectivity index (χ3v) is 4.18. The van der Waals surface area contributed by atoms with Crippen molar-refractivity contribution < 1.29 is 33.3 Å². The van der Waals surface area contributed by atoms with Gasteiger partial charge in [0.15, 0.2) is 11.6 Å². The third-order valence-electron chi connectivity index (χ3n) is 4.18. The molecule has 0 aliphatic carbocycles. The fraction of sp³-hybridized carbons (Fsp3) is 0.0500. The van der Waals surface area contributed by atoms with Crippen molar-refractivity contribution >= 4 is 17.8 Å². The number of nitrogens with one attached hydrogen (secondary N) is 1. The van der Waals surface area contributed by atoms with Crippen LogP contribution in [-0.2, 0) is 6.61 Å². The van der Waals surface area contributed by atoms with Gasteiger partial charge in [0, 0.05) is 5.56 Å². The highest BCUT2D eigenvalue weighted by Gasteiger charge is 2.27. The summed E-state index contributed by atoms with van der Waals surface area (Å²) in [6, 6.07) is 8.65. The van der Waals surface area contributed by atoms with E-state index in [9.17, 15) is 33.4 Å². The van der Waals surface area contributed by atoms with Gasteiger partial charge in [-0.1, -0.05) is 18.2 Å². The first-order chi connectivity index (χ1) is 14.2. The number of hydrogen-bond donors (Lipinski definition) is 4. The highest BCUT2D eigenvalue weighted by molar-refractivity contribution is 6.07. The van der Waals surface area contributed by atoms with Gasteiger partial charge in [-0.15, -0.1) is 0 Å². The predicted octanol–water partition coefficient (Wildman–Crippen LogP) is 2.88. The first-order valence-electron chi connectivity index (χ1n) is 8.38. The quantitative estimate of drug-likeness (QED) is 0.484. The van der Waals surface area contributed by atoms with Crippen LogP contribution in [0.4, 0.5) is 14.6 Å². The zero-order valence-electron chi connectivity index (χ0n) is 15.1. The maximum Gasteiger partial charge on any atom is 0.342 e. The summed E-state index contributed by atoms with van der Waals surface area (Å²) in [6.45, 7) is -0.146. The lowest BCUT2D eigenvalue weighted by molar-refractivity contribution is 0.0695. The molecule has 1 heterocycles. The molecule has 0 atom stereocenters. The van der Waals surface area contributed by atoms with Crippen LogP contribution in [0.25, 0.3) is 11.1 Å². The van der Waals surface area contributed by atoms with E-state index < -0.39 is 51.6 Å². The molecule has 1 aromatic heterocycles. The Labute approximate surface area is 167 Å². The molecule has 30 heavy (non-hydrogen) atoms. The van der Waals surface area contributed by atoms with Crippen molar-refractivity contribution in [3.8, 4) is 16.9 Å². The molecular formula is C20H14F2N2O6. The molecule has 0 aliphatic rings. The van der Waals surface area contributed by atoms with Gasteiger partial charge in [0.25, 0.3) is 5.56 Å². The van der Waals surface area contributed by atoms with Crippen molar-refractivity contribution in [2.24, 2.45) is 0 Å². The summed E-state index contributed by atoms with van der Waals surface area (Å²) in [5, 5.41) is 18.8. The summed E-state index contributed by atoms with van der Waals surface area (Å²) < 4.78 is 33.1. The lowest BCUT2D eigenvalue weighted by Crippen LogP contribution is -2.24. The minimum atomic E-state index is -1.71. The molecule has 0 amide bonds. The number of ether oxygens (including phenoxy) is 1. The number of carboxylic acids is 2. The van der Waals surface area contributed by atoms with E-state index in [1.165, 1.54) is 24.3 Å². The van der Waals surface area contributed by atoms with Gasteiger partial charge < -0.3 is 25.7 Å². The molecule has 0 saturated heterocycles. The van der Waals surface area contributed by atoms with Gasteiger partial charge in [-0.05, 0) is 35.4 Å². The second kappa shape index (κ2) is 8.03. The normalized spacial score (nSPS) is 10.6. The van der Waals surface area contributed by atoms with E-state index in [2.05, 4.69) is 0 Å².